The van der Waals surface area contributed by atoms with Crippen LogP contribution in [0.25, 0.3) is 33.4 Å². The first-order valence-corrected chi connectivity index (χ1v) is 18.2. The van der Waals surface area contributed by atoms with Crippen LogP contribution in [0.1, 0.15) is 60.5 Å². The number of benzene rings is 5. The van der Waals surface area contributed by atoms with Gasteiger partial charge in [-0.15, -0.1) is 0 Å². The Morgan fingerprint density at radius 2 is 1.57 bits per heavy atom. The van der Waals surface area contributed by atoms with Gasteiger partial charge in [0.25, 0.3) is 5.56 Å². The average molecular weight is 688 g/mol. The summed E-state index contributed by atoms with van der Waals surface area (Å²) in [6.07, 6.45) is 4.10. The van der Waals surface area contributed by atoms with E-state index in [0.717, 1.165) is 27.6 Å². The number of hydrogen-bond acceptors (Lipinski definition) is 5. The van der Waals surface area contributed by atoms with Crippen LogP contribution >= 0.6 is 11.3 Å². The van der Waals surface area contributed by atoms with E-state index >= 15 is 0 Å². The fourth-order valence-electron chi connectivity index (χ4n) is 7.10. The minimum atomic E-state index is -0.716. The molecule has 0 spiro atoms. The van der Waals surface area contributed by atoms with Gasteiger partial charge in [0.1, 0.15) is 0 Å². The van der Waals surface area contributed by atoms with Crippen molar-refractivity contribution in [1.29, 1.82) is 0 Å². The Kier molecular flexibility index (Phi) is 8.58. The molecule has 8 rings (SSSR count). The zero-order valence-corrected chi connectivity index (χ0v) is 29.6. The van der Waals surface area contributed by atoms with E-state index in [9.17, 15) is 9.59 Å². The quantitative estimate of drug-likeness (QED) is 0.151. The van der Waals surface area contributed by atoms with Crippen LogP contribution < -0.4 is 14.9 Å². The highest BCUT2D eigenvalue weighted by atomic mass is 32.1. The predicted octanol–water partition coefficient (Wildman–Crippen LogP) is 8.22. The molecule has 1 atom stereocenters. The summed E-state index contributed by atoms with van der Waals surface area (Å²) < 4.78 is 10.1. The fraction of sp³-hybridized carbons (Fsp3) is 0.159. The summed E-state index contributed by atoms with van der Waals surface area (Å²) in [7, 11) is 0. The van der Waals surface area contributed by atoms with Crippen LogP contribution in [0.15, 0.2) is 143 Å². The maximum absolute atomic E-state index is 14.6. The normalized spacial score (nSPS) is 14.7. The van der Waals surface area contributed by atoms with Crippen molar-refractivity contribution in [3.05, 3.63) is 181 Å². The number of hydrogen-bond donors (Lipinski definition) is 0. The molecular weight excluding hydrogens is 651 g/mol. The second-order valence-electron chi connectivity index (χ2n) is 13.1. The Hall–Kier alpha value is -5.79. The second-order valence-corrected chi connectivity index (χ2v) is 14.1. The zero-order chi connectivity index (χ0) is 35.1. The molecule has 0 amide bonds. The van der Waals surface area contributed by atoms with Crippen LogP contribution in [-0.4, -0.2) is 21.7 Å². The van der Waals surface area contributed by atoms with Gasteiger partial charge in [-0.3, -0.25) is 9.36 Å². The molecule has 0 bridgehead atoms. The van der Waals surface area contributed by atoms with E-state index in [1.807, 2.05) is 60.7 Å². The van der Waals surface area contributed by atoms with E-state index in [0.29, 0.717) is 33.1 Å². The van der Waals surface area contributed by atoms with E-state index < -0.39 is 12.0 Å². The van der Waals surface area contributed by atoms with Gasteiger partial charge < -0.3 is 9.30 Å². The Morgan fingerprint density at radius 3 is 2.33 bits per heavy atom. The number of carbonyl (C=O) groups excluding carboxylic acids is 1. The molecule has 1 aliphatic rings. The number of thiazole rings is 1. The molecule has 51 heavy (non-hydrogen) atoms. The zero-order valence-electron chi connectivity index (χ0n) is 28.7. The van der Waals surface area contributed by atoms with Gasteiger partial charge in [0.2, 0.25) is 0 Å². The van der Waals surface area contributed by atoms with Gasteiger partial charge in [0.05, 0.1) is 28.5 Å². The highest BCUT2D eigenvalue weighted by Crippen LogP contribution is 2.36. The van der Waals surface area contributed by atoms with Crippen LogP contribution in [0.5, 0.6) is 0 Å². The first kappa shape index (κ1) is 32.4. The van der Waals surface area contributed by atoms with Crippen molar-refractivity contribution in [3.8, 4) is 0 Å². The van der Waals surface area contributed by atoms with E-state index in [2.05, 4.69) is 91.3 Å². The Bertz CT molecular complexity index is 2640. The molecule has 5 aromatic carbocycles. The molecule has 6 nitrogen and oxygen atoms in total. The minimum absolute atomic E-state index is 0.198. The Morgan fingerprint density at radius 1 is 0.863 bits per heavy atom. The third-order valence-electron chi connectivity index (χ3n) is 9.62. The molecule has 0 unspecified atom stereocenters. The summed E-state index contributed by atoms with van der Waals surface area (Å²) in [5.41, 5.74) is 6.72. The maximum Gasteiger partial charge on any atom is 0.338 e. The molecule has 0 saturated carbocycles. The number of rotatable bonds is 8. The highest BCUT2D eigenvalue weighted by molar-refractivity contribution is 7.07. The molecule has 0 N–H and O–H groups in total. The van der Waals surface area contributed by atoms with Crippen molar-refractivity contribution in [2.45, 2.75) is 39.3 Å². The minimum Gasteiger partial charge on any atom is -0.463 e. The number of esters is 1. The second kappa shape index (κ2) is 13.5. The lowest BCUT2D eigenvalue weighted by Gasteiger charge is -2.26. The van der Waals surface area contributed by atoms with Crippen LogP contribution in [-0.2, 0) is 16.1 Å². The molecular formula is C44H37N3O3S. The maximum atomic E-state index is 14.6. The number of ether oxygens (including phenoxy) is 1. The van der Waals surface area contributed by atoms with Crippen LogP contribution in [0.4, 0.5) is 0 Å². The highest BCUT2D eigenvalue weighted by Gasteiger charge is 2.35. The van der Waals surface area contributed by atoms with Gasteiger partial charge in [0.15, 0.2) is 4.80 Å². The number of fused-ring (bicyclic) bond motifs is 3. The summed E-state index contributed by atoms with van der Waals surface area (Å²) in [4.78, 5) is 34.1. The number of carbonyl (C=O) groups is 1. The van der Waals surface area contributed by atoms with E-state index in [1.165, 1.54) is 33.2 Å². The topological polar surface area (TPSA) is 65.6 Å². The lowest BCUT2D eigenvalue weighted by Crippen LogP contribution is -2.40. The molecule has 252 valence electrons. The van der Waals surface area contributed by atoms with Gasteiger partial charge in [0, 0.05) is 34.8 Å². The van der Waals surface area contributed by atoms with Crippen molar-refractivity contribution in [1.82, 2.24) is 9.13 Å². The molecule has 1 aliphatic heterocycles. The molecule has 7 heteroatoms. The van der Waals surface area contributed by atoms with Crippen molar-refractivity contribution in [2.24, 2.45) is 4.99 Å². The van der Waals surface area contributed by atoms with E-state index in [4.69, 9.17) is 9.73 Å². The molecule has 7 aromatic rings. The molecule has 0 aliphatic carbocycles. The van der Waals surface area contributed by atoms with Crippen molar-refractivity contribution >= 4 is 50.8 Å². The molecule has 0 radical (unpaired) electrons. The molecule has 0 saturated heterocycles. The fourth-order valence-corrected chi connectivity index (χ4v) is 8.09. The number of nitrogens with zero attached hydrogens (tertiary/aromatic N) is 3. The Balaban J connectivity index is 1.32. The summed E-state index contributed by atoms with van der Waals surface area (Å²) in [5, 5.41) is 3.49. The summed E-state index contributed by atoms with van der Waals surface area (Å²) in [6.45, 7) is 6.98. The van der Waals surface area contributed by atoms with Gasteiger partial charge in [-0.25, -0.2) is 9.79 Å². The van der Waals surface area contributed by atoms with E-state index in [1.54, 1.807) is 11.5 Å². The summed E-state index contributed by atoms with van der Waals surface area (Å²) in [5.74, 6) is -0.146. The lowest BCUT2D eigenvalue weighted by atomic mass is 9.91. The first-order chi connectivity index (χ1) is 24.9. The monoisotopic (exact) mass is 687 g/mol. The van der Waals surface area contributed by atoms with E-state index in [-0.39, 0.29) is 12.2 Å². The van der Waals surface area contributed by atoms with Crippen molar-refractivity contribution in [2.75, 3.05) is 6.61 Å². The van der Waals surface area contributed by atoms with Gasteiger partial charge in [-0.05, 0) is 52.4 Å². The van der Waals surface area contributed by atoms with Gasteiger partial charge >= 0.3 is 5.97 Å². The van der Waals surface area contributed by atoms with Crippen molar-refractivity contribution < 1.29 is 9.53 Å². The lowest BCUT2D eigenvalue weighted by molar-refractivity contribution is -0.138. The van der Waals surface area contributed by atoms with Crippen LogP contribution in [0, 0.1) is 0 Å². The molecule has 3 heterocycles. The van der Waals surface area contributed by atoms with Crippen LogP contribution in [0.2, 0.25) is 0 Å². The third-order valence-corrected chi connectivity index (χ3v) is 10.6. The van der Waals surface area contributed by atoms with Crippen LogP contribution in [0.3, 0.4) is 0 Å². The largest absolute Gasteiger partial charge is 0.463 e. The first-order valence-electron chi connectivity index (χ1n) is 17.3. The van der Waals surface area contributed by atoms with Crippen molar-refractivity contribution in [3.63, 3.8) is 0 Å². The number of aromatic nitrogens is 2. The summed E-state index contributed by atoms with van der Waals surface area (Å²) >= 11 is 1.35. The third kappa shape index (κ3) is 5.93. The summed E-state index contributed by atoms with van der Waals surface area (Å²) in [6, 6.07) is 40.3. The molecule has 0 fully saturated rings. The van der Waals surface area contributed by atoms with Gasteiger partial charge in [-0.1, -0.05) is 140 Å². The predicted molar refractivity (Wildman–Crippen MR) is 207 cm³/mol. The average Bonchev–Trinajstić information content (AvgIpc) is 3.67. The SMILES string of the molecule is CCOC(=O)C1=C(c2ccccc2)N=c2s/c(=C\c3cn(Cc4cccc5ccccc45)c4ccccc34)c(=O)n2[C@@H]1c1ccc(C(C)C)cc1. The number of para-hydroxylation sites is 1. The standard InChI is InChI=1S/C44H37N3O3S/c1-4-50-43(49)39-40(31-14-6-5-7-15-31)45-44-47(41(39)32-23-21-29(22-24-32)28(2)3)42(48)38(51-44)25-34-27-46(37-20-11-10-19-36(34)37)26-33-17-12-16-30-13-8-9-18-35(30)33/h5-25,27-28,41H,4,26H2,1-3H3/b38-25-/t41-/m1/s1. The molecule has 2 aromatic heterocycles. The smallest absolute Gasteiger partial charge is 0.338 e. The Labute approximate surface area is 299 Å². The van der Waals surface area contributed by atoms with Gasteiger partial charge in [-0.2, -0.15) is 0 Å².